The number of cyclic esters (lactones) is 2. The van der Waals surface area contributed by atoms with Gasteiger partial charge in [0, 0.05) is 27.9 Å². The third-order valence-electron chi connectivity index (χ3n) is 2.52. The molecule has 1 aliphatic rings. The summed E-state index contributed by atoms with van der Waals surface area (Å²) in [7, 11) is 3.53. The Morgan fingerprint density at radius 3 is 2.21 bits per heavy atom. The molecule has 0 N–H and O–H groups in total. The summed E-state index contributed by atoms with van der Waals surface area (Å²) in [5.41, 5.74) is 0.451. The van der Waals surface area contributed by atoms with Crippen molar-refractivity contribution in [3.63, 3.8) is 0 Å². The molecular formula is C13H15NO4S. The van der Waals surface area contributed by atoms with Gasteiger partial charge in [-0.15, -0.1) is 11.3 Å². The SMILES string of the molecule is CN(C)C(=C1C(=O)OC(C)(C)OC1=O)c1cccs1. The molecule has 1 aliphatic heterocycles. The molecular weight excluding hydrogens is 266 g/mol. The van der Waals surface area contributed by atoms with Gasteiger partial charge in [0.2, 0.25) is 0 Å². The number of thiophene rings is 1. The summed E-state index contributed by atoms with van der Waals surface area (Å²) in [6, 6.07) is 3.70. The molecule has 2 heterocycles. The van der Waals surface area contributed by atoms with Crippen molar-refractivity contribution in [1.29, 1.82) is 0 Å². The van der Waals surface area contributed by atoms with Crippen molar-refractivity contribution in [1.82, 2.24) is 4.90 Å². The van der Waals surface area contributed by atoms with E-state index in [2.05, 4.69) is 0 Å². The largest absolute Gasteiger partial charge is 0.419 e. The van der Waals surface area contributed by atoms with Gasteiger partial charge in [-0.2, -0.15) is 0 Å². The first-order valence-corrected chi connectivity index (χ1v) is 6.62. The Morgan fingerprint density at radius 1 is 1.21 bits per heavy atom. The van der Waals surface area contributed by atoms with Gasteiger partial charge in [0.1, 0.15) is 0 Å². The molecule has 0 aromatic carbocycles. The monoisotopic (exact) mass is 281 g/mol. The van der Waals surface area contributed by atoms with Crippen LogP contribution in [0, 0.1) is 0 Å². The van der Waals surface area contributed by atoms with Crippen LogP contribution >= 0.6 is 11.3 Å². The number of hydrogen-bond acceptors (Lipinski definition) is 6. The molecule has 0 spiro atoms. The minimum atomic E-state index is -1.22. The zero-order valence-electron chi connectivity index (χ0n) is 11.2. The predicted octanol–water partition coefficient (Wildman–Crippen LogP) is 1.86. The van der Waals surface area contributed by atoms with E-state index in [1.165, 1.54) is 25.2 Å². The van der Waals surface area contributed by atoms with E-state index >= 15 is 0 Å². The molecule has 0 atom stereocenters. The van der Waals surface area contributed by atoms with Gasteiger partial charge in [0.05, 0.1) is 10.6 Å². The number of nitrogens with zero attached hydrogens (tertiary/aromatic N) is 1. The number of esters is 2. The average Bonchev–Trinajstić information content (AvgIpc) is 2.73. The number of hydrogen-bond donors (Lipinski definition) is 0. The molecule has 0 aliphatic carbocycles. The first-order chi connectivity index (χ1) is 8.82. The van der Waals surface area contributed by atoms with Crippen molar-refractivity contribution in [3.05, 3.63) is 28.0 Å². The van der Waals surface area contributed by atoms with Crippen molar-refractivity contribution in [2.45, 2.75) is 19.6 Å². The van der Waals surface area contributed by atoms with Crippen LogP contribution in [0.3, 0.4) is 0 Å². The summed E-state index contributed by atoms with van der Waals surface area (Å²) in [6.07, 6.45) is 0. The minimum absolute atomic E-state index is 0.0632. The summed E-state index contributed by atoms with van der Waals surface area (Å²) in [5, 5.41) is 1.88. The van der Waals surface area contributed by atoms with E-state index in [9.17, 15) is 9.59 Å². The van der Waals surface area contributed by atoms with Crippen LogP contribution < -0.4 is 0 Å². The maximum atomic E-state index is 12.1. The highest BCUT2D eigenvalue weighted by Crippen LogP contribution is 2.31. The third kappa shape index (κ3) is 2.63. The molecule has 0 amide bonds. The highest BCUT2D eigenvalue weighted by Gasteiger charge is 2.41. The van der Waals surface area contributed by atoms with E-state index in [0.717, 1.165) is 4.88 Å². The van der Waals surface area contributed by atoms with Crippen molar-refractivity contribution in [2.75, 3.05) is 14.1 Å². The van der Waals surface area contributed by atoms with Crippen LogP contribution in [0.1, 0.15) is 18.7 Å². The minimum Gasteiger partial charge on any atom is -0.419 e. The molecule has 1 saturated heterocycles. The molecule has 0 unspecified atom stereocenters. The van der Waals surface area contributed by atoms with Crippen LogP contribution in [0.5, 0.6) is 0 Å². The Balaban J connectivity index is 2.54. The van der Waals surface area contributed by atoms with Gasteiger partial charge in [-0.05, 0) is 11.4 Å². The maximum absolute atomic E-state index is 12.1. The standard InChI is InChI=1S/C13H15NO4S/c1-13(2)17-11(15)9(12(16)18-13)10(14(3)4)8-6-5-7-19-8/h5-7H,1-4H3. The van der Waals surface area contributed by atoms with Crippen molar-refractivity contribution < 1.29 is 19.1 Å². The molecule has 19 heavy (non-hydrogen) atoms. The molecule has 1 aromatic heterocycles. The van der Waals surface area contributed by atoms with Gasteiger partial charge in [-0.3, -0.25) is 0 Å². The normalized spacial score (nSPS) is 17.8. The second kappa shape index (κ2) is 4.70. The Bertz CT molecular complexity index is 521. The van der Waals surface area contributed by atoms with Crippen LogP contribution in [0.15, 0.2) is 23.1 Å². The summed E-state index contributed by atoms with van der Waals surface area (Å²) in [5.74, 6) is -2.53. The molecule has 1 fully saturated rings. The number of rotatable bonds is 2. The predicted molar refractivity (Wildman–Crippen MR) is 71.2 cm³/mol. The van der Waals surface area contributed by atoms with Crippen LogP contribution in [-0.4, -0.2) is 36.7 Å². The molecule has 1 aromatic rings. The van der Waals surface area contributed by atoms with E-state index in [1.54, 1.807) is 19.0 Å². The van der Waals surface area contributed by atoms with Gasteiger partial charge >= 0.3 is 11.9 Å². The fourth-order valence-corrected chi connectivity index (χ4v) is 2.68. The second-order valence-corrected chi connectivity index (χ2v) is 5.72. The lowest BCUT2D eigenvalue weighted by Gasteiger charge is -2.31. The molecule has 5 nitrogen and oxygen atoms in total. The first-order valence-electron chi connectivity index (χ1n) is 5.74. The highest BCUT2D eigenvalue weighted by molar-refractivity contribution is 7.11. The van der Waals surface area contributed by atoms with Crippen molar-refractivity contribution in [2.24, 2.45) is 0 Å². The van der Waals surface area contributed by atoms with E-state index in [1.807, 2.05) is 17.5 Å². The average molecular weight is 281 g/mol. The maximum Gasteiger partial charge on any atom is 0.351 e. The molecule has 102 valence electrons. The third-order valence-corrected chi connectivity index (χ3v) is 3.40. The Kier molecular flexibility index (Phi) is 3.36. The number of carbonyl (C=O) groups is 2. The van der Waals surface area contributed by atoms with E-state index < -0.39 is 17.7 Å². The van der Waals surface area contributed by atoms with Gasteiger partial charge in [0.15, 0.2) is 5.57 Å². The Morgan fingerprint density at radius 2 is 1.79 bits per heavy atom. The van der Waals surface area contributed by atoms with Crippen molar-refractivity contribution >= 4 is 29.0 Å². The zero-order chi connectivity index (χ0) is 14.2. The van der Waals surface area contributed by atoms with Gasteiger partial charge in [-0.25, -0.2) is 9.59 Å². The number of carbonyl (C=O) groups excluding carboxylic acids is 2. The summed E-state index contributed by atoms with van der Waals surface area (Å²) >= 11 is 1.44. The molecule has 0 bridgehead atoms. The van der Waals surface area contributed by atoms with Crippen LogP contribution in [0.25, 0.3) is 5.70 Å². The van der Waals surface area contributed by atoms with Crippen LogP contribution in [0.4, 0.5) is 0 Å². The second-order valence-electron chi connectivity index (χ2n) is 4.77. The first kappa shape index (κ1) is 13.6. The molecule has 0 saturated carbocycles. The van der Waals surface area contributed by atoms with Gasteiger partial charge < -0.3 is 14.4 Å². The smallest absolute Gasteiger partial charge is 0.351 e. The molecule has 2 rings (SSSR count). The lowest BCUT2D eigenvalue weighted by molar-refractivity contribution is -0.222. The topological polar surface area (TPSA) is 55.8 Å². The lowest BCUT2D eigenvalue weighted by Crippen LogP contribution is -2.43. The quantitative estimate of drug-likeness (QED) is 0.470. The summed E-state index contributed by atoms with van der Waals surface area (Å²) in [4.78, 5) is 26.6. The number of ether oxygens (including phenoxy) is 2. The molecule has 0 radical (unpaired) electrons. The lowest BCUT2D eigenvalue weighted by atomic mass is 10.1. The van der Waals surface area contributed by atoms with E-state index in [4.69, 9.17) is 9.47 Å². The van der Waals surface area contributed by atoms with Crippen LogP contribution in [-0.2, 0) is 19.1 Å². The summed E-state index contributed by atoms with van der Waals surface area (Å²) in [6.45, 7) is 3.06. The summed E-state index contributed by atoms with van der Waals surface area (Å²) < 4.78 is 10.2. The fraction of sp³-hybridized carbons (Fsp3) is 0.385. The Labute approximate surface area is 115 Å². The van der Waals surface area contributed by atoms with Gasteiger partial charge in [-0.1, -0.05) is 6.07 Å². The van der Waals surface area contributed by atoms with E-state index in [-0.39, 0.29) is 5.57 Å². The van der Waals surface area contributed by atoms with E-state index in [0.29, 0.717) is 5.70 Å². The molecule has 6 heteroatoms. The van der Waals surface area contributed by atoms with Crippen molar-refractivity contribution in [3.8, 4) is 0 Å². The zero-order valence-corrected chi connectivity index (χ0v) is 12.0. The highest BCUT2D eigenvalue weighted by atomic mass is 32.1. The van der Waals surface area contributed by atoms with Gasteiger partial charge in [0.25, 0.3) is 5.79 Å². The fourth-order valence-electron chi connectivity index (χ4n) is 1.83. The Hall–Kier alpha value is -1.82. The van der Waals surface area contributed by atoms with Crippen LogP contribution in [0.2, 0.25) is 0 Å².